The zero-order valence-corrected chi connectivity index (χ0v) is 24.2. The van der Waals surface area contributed by atoms with Gasteiger partial charge in [0.2, 0.25) is 0 Å². The Morgan fingerprint density at radius 3 is 2.56 bits per heavy atom. The molecule has 1 fully saturated rings. The number of pyridine rings is 1. The molecule has 39 heavy (non-hydrogen) atoms. The third-order valence-electron chi connectivity index (χ3n) is 6.43. The van der Waals surface area contributed by atoms with Crippen molar-refractivity contribution in [2.75, 3.05) is 44.8 Å². The molecule has 9 heteroatoms. The molecule has 0 unspecified atom stereocenters. The summed E-state index contributed by atoms with van der Waals surface area (Å²) >= 11 is 0. The highest BCUT2D eigenvalue weighted by Crippen LogP contribution is 2.34. The Morgan fingerprint density at radius 2 is 1.90 bits per heavy atom. The fourth-order valence-corrected chi connectivity index (χ4v) is 4.41. The number of aryl methyl sites for hydroxylation is 2. The van der Waals surface area contributed by atoms with Crippen LogP contribution < -0.4 is 4.90 Å². The Hall–Kier alpha value is -3.72. The Balaban J connectivity index is 1.69. The van der Waals surface area contributed by atoms with Crippen LogP contribution >= 0.6 is 0 Å². The lowest BCUT2D eigenvalue weighted by atomic mass is 10.1. The molecule has 3 aromatic rings. The number of aliphatic imine (C=N–C) groups is 1. The molecule has 1 aliphatic heterocycles. The van der Waals surface area contributed by atoms with Crippen LogP contribution in [-0.2, 0) is 9.47 Å². The minimum absolute atomic E-state index is 0.369. The van der Waals surface area contributed by atoms with E-state index in [4.69, 9.17) is 24.5 Å². The maximum absolute atomic E-state index is 12.6. The van der Waals surface area contributed by atoms with Crippen molar-refractivity contribution in [2.24, 2.45) is 4.99 Å². The second kappa shape index (κ2) is 12.0. The first kappa shape index (κ1) is 28.3. The van der Waals surface area contributed by atoms with Crippen LogP contribution in [-0.4, -0.2) is 77.0 Å². The lowest BCUT2D eigenvalue weighted by Gasteiger charge is -2.30. The second-order valence-electron chi connectivity index (χ2n) is 10.9. The van der Waals surface area contributed by atoms with E-state index in [2.05, 4.69) is 36.1 Å². The van der Waals surface area contributed by atoms with Crippen molar-refractivity contribution in [1.29, 1.82) is 0 Å². The molecular formula is C30H40N6O3. The van der Waals surface area contributed by atoms with Crippen molar-refractivity contribution in [3.63, 3.8) is 0 Å². The van der Waals surface area contributed by atoms with Crippen LogP contribution in [0.15, 0.2) is 47.6 Å². The van der Waals surface area contributed by atoms with Crippen molar-refractivity contribution in [2.45, 2.75) is 53.6 Å². The molecule has 208 valence electrons. The highest BCUT2D eigenvalue weighted by atomic mass is 16.6. The molecule has 0 atom stereocenters. The van der Waals surface area contributed by atoms with E-state index >= 15 is 0 Å². The third kappa shape index (κ3) is 7.23. The molecule has 0 N–H and O–H groups in total. The van der Waals surface area contributed by atoms with Gasteiger partial charge in [0.15, 0.2) is 5.82 Å². The molecular weight excluding hydrogens is 492 g/mol. The van der Waals surface area contributed by atoms with Crippen molar-refractivity contribution < 1.29 is 14.3 Å². The number of rotatable bonds is 7. The first-order chi connectivity index (χ1) is 18.5. The van der Waals surface area contributed by atoms with Gasteiger partial charge in [0.25, 0.3) is 0 Å². The number of aromatic nitrogens is 3. The summed E-state index contributed by atoms with van der Waals surface area (Å²) in [4.78, 5) is 26.4. The molecule has 4 rings (SSSR count). The maximum atomic E-state index is 12.6. The quantitative estimate of drug-likeness (QED) is 0.361. The zero-order chi connectivity index (χ0) is 28.2. The van der Waals surface area contributed by atoms with E-state index in [-0.39, 0.29) is 6.09 Å². The SMILES string of the molecule is CCC(CN(C)C(=O)OC(C)(C)C)=Nc1c(N2CCOCC2)cc(-n2ccc(-c3cccc(C)c3)n2)nc1C. The van der Waals surface area contributed by atoms with Gasteiger partial charge in [-0.1, -0.05) is 30.7 Å². The summed E-state index contributed by atoms with van der Waals surface area (Å²) in [6, 6.07) is 12.4. The average molecular weight is 533 g/mol. The highest BCUT2D eigenvalue weighted by Gasteiger charge is 2.22. The van der Waals surface area contributed by atoms with E-state index in [1.165, 1.54) is 5.56 Å². The lowest BCUT2D eigenvalue weighted by Crippen LogP contribution is -2.37. The summed E-state index contributed by atoms with van der Waals surface area (Å²) in [5.41, 5.74) is 6.06. The van der Waals surface area contributed by atoms with Gasteiger partial charge in [-0.15, -0.1) is 0 Å². The van der Waals surface area contributed by atoms with E-state index < -0.39 is 5.60 Å². The van der Waals surface area contributed by atoms with Gasteiger partial charge >= 0.3 is 6.09 Å². The predicted octanol–water partition coefficient (Wildman–Crippen LogP) is 5.74. The second-order valence-corrected chi connectivity index (χ2v) is 10.9. The number of carbonyl (C=O) groups is 1. The number of hydrogen-bond donors (Lipinski definition) is 0. The number of ether oxygens (including phenoxy) is 2. The summed E-state index contributed by atoms with van der Waals surface area (Å²) in [5.74, 6) is 0.732. The molecule has 0 saturated carbocycles. The fraction of sp³-hybridized carbons (Fsp3) is 0.467. The molecule has 9 nitrogen and oxygen atoms in total. The first-order valence-corrected chi connectivity index (χ1v) is 13.5. The van der Waals surface area contributed by atoms with Gasteiger partial charge in [0, 0.05) is 43.7 Å². The van der Waals surface area contributed by atoms with E-state index in [0.29, 0.717) is 26.2 Å². The van der Waals surface area contributed by atoms with Crippen LogP contribution in [0.5, 0.6) is 0 Å². The third-order valence-corrected chi connectivity index (χ3v) is 6.43. The van der Waals surface area contributed by atoms with Crippen LogP contribution in [0.1, 0.15) is 45.4 Å². The maximum Gasteiger partial charge on any atom is 0.410 e. The van der Waals surface area contributed by atoms with Gasteiger partial charge in [-0.05, 0) is 53.2 Å². The molecule has 1 aliphatic rings. The molecule has 3 heterocycles. The Bertz CT molecular complexity index is 1330. The zero-order valence-electron chi connectivity index (χ0n) is 24.2. The standard InChI is InChI=1S/C30H40N6O3/c1-8-24(20-34(7)29(37)39-30(4,5)6)32-28-22(3)31-27(19-26(28)35-14-16-38-17-15-35)36-13-12-25(33-36)23-11-9-10-21(2)18-23/h9-13,18-19H,8,14-17,20H2,1-7H3. The summed E-state index contributed by atoms with van der Waals surface area (Å²) in [7, 11) is 1.74. The summed E-state index contributed by atoms with van der Waals surface area (Å²) in [6.07, 6.45) is 2.26. The van der Waals surface area contributed by atoms with Crippen LogP contribution in [0.2, 0.25) is 0 Å². The molecule has 0 radical (unpaired) electrons. The van der Waals surface area contributed by atoms with Gasteiger partial charge in [0.05, 0.1) is 36.8 Å². The predicted molar refractivity (Wildman–Crippen MR) is 156 cm³/mol. The topological polar surface area (TPSA) is 85.1 Å². The largest absolute Gasteiger partial charge is 0.444 e. The summed E-state index contributed by atoms with van der Waals surface area (Å²) in [5, 5.41) is 4.83. The van der Waals surface area contributed by atoms with Crippen molar-refractivity contribution in [3.05, 3.63) is 53.9 Å². The molecule has 1 saturated heterocycles. The molecule has 0 spiro atoms. The lowest BCUT2D eigenvalue weighted by molar-refractivity contribution is 0.0323. The van der Waals surface area contributed by atoms with Gasteiger partial charge < -0.3 is 19.3 Å². The number of morpholine rings is 1. The summed E-state index contributed by atoms with van der Waals surface area (Å²) in [6.45, 7) is 14.9. The molecule has 1 aromatic carbocycles. The van der Waals surface area contributed by atoms with Gasteiger partial charge in [-0.2, -0.15) is 5.10 Å². The minimum Gasteiger partial charge on any atom is -0.444 e. The van der Waals surface area contributed by atoms with Gasteiger partial charge in [-0.25, -0.2) is 14.5 Å². The van der Waals surface area contributed by atoms with Crippen molar-refractivity contribution >= 4 is 23.2 Å². The summed E-state index contributed by atoms with van der Waals surface area (Å²) < 4.78 is 13.0. The normalized spacial score (nSPS) is 14.4. The Labute approximate surface area is 231 Å². The van der Waals surface area contributed by atoms with Gasteiger partial charge in [0.1, 0.15) is 11.3 Å². The Morgan fingerprint density at radius 1 is 1.15 bits per heavy atom. The molecule has 1 amide bonds. The number of amides is 1. The Kier molecular flexibility index (Phi) is 8.70. The minimum atomic E-state index is -0.555. The number of benzene rings is 1. The van der Waals surface area contributed by atoms with Crippen molar-refractivity contribution in [1.82, 2.24) is 19.7 Å². The van der Waals surface area contributed by atoms with E-state index in [9.17, 15) is 4.79 Å². The van der Waals surface area contributed by atoms with Crippen LogP contribution in [0, 0.1) is 13.8 Å². The van der Waals surface area contributed by atoms with E-state index in [1.54, 1.807) is 11.9 Å². The average Bonchev–Trinajstić information content (AvgIpc) is 3.39. The first-order valence-electron chi connectivity index (χ1n) is 13.5. The fourth-order valence-electron chi connectivity index (χ4n) is 4.41. The number of anilines is 1. The van der Waals surface area contributed by atoms with E-state index in [0.717, 1.165) is 52.9 Å². The van der Waals surface area contributed by atoms with Crippen molar-refractivity contribution in [3.8, 4) is 17.1 Å². The van der Waals surface area contributed by atoms with E-state index in [1.807, 2.05) is 57.6 Å². The number of nitrogens with zero attached hydrogens (tertiary/aromatic N) is 6. The van der Waals surface area contributed by atoms with Gasteiger partial charge in [-0.3, -0.25) is 4.99 Å². The highest BCUT2D eigenvalue weighted by molar-refractivity contribution is 5.92. The number of hydrogen-bond acceptors (Lipinski definition) is 7. The van der Waals surface area contributed by atoms with Crippen LogP contribution in [0.3, 0.4) is 0 Å². The smallest absolute Gasteiger partial charge is 0.410 e. The van der Waals surface area contributed by atoms with Crippen LogP contribution in [0.25, 0.3) is 17.1 Å². The molecule has 2 aromatic heterocycles. The monoisotopic (exact) mass is 532 g/mol. The molecule has 0 bridgehead atoms. The number of carbonyl (C=O) groups excluding carboxylic acids is 1. The van der Waals surface area contributed by atoms with Crippen LogP contribution in [0.4, 0.5) is 16.2 Å². The molecule has 0 aliphatic carbocycles.